The normalized spacial score (nSPS) is 31.9. The van der Waals surface area contributed by atoms with Crippen LogP contribution in [0.3, 0.4) is 0 Å². The minimum Gasteiger partial charge on any atom is -0.378 e. The van der Waals surface area contributed by atoms with Gasteiger partial charge in [-0.2, -0.15) is 0 Å². The molecule has 0 amide bonds. The van der Waals surface area contributed by atoms with E-state index in [0.29, 0.717) is 24.4 Å². The summed E-state index contributed by atoms with van der Waals surface area (Å²) >= 11 is 0. The van der Waals surface area contributed by atoms with Crippen molar-refractivity contribution in [3.05, 3.63) is 0 Å². The predicted octanol–water partition coefficient (Wildman–Crippen LogP) is 1.37. The molecule has 0 spiro atoms. The van der Waals surface area contributed by atoms with E-state index in [2.05, 4.69) is 23.8 Å². The lowest BCUT2D eigenvalue weighted by Crippen LogP contribution is -2.50. The quantitative estimate of drug-likeness (QED) is 0.676. The van der Waals surface area contributed by atoms with Gasteiger partial charge in [0.25, 0.3) is 0 Å². The first-order valence-electron chi connectivity index (χ1n) is 9.02. The van der Waals surface area contributed by atoms with Crippen molar-refractivity contribution in [2.75, 3.05) is 53.0 Å². The molecule has 2 saturated heterocycles. The molecule has 0 radical (unpaired) electrons. The fourth-order valence-electron chi connectivity index (χ4n) is 3.64. The van der Waals surface area contributed by atoms with Crippen LogP contribution >= 0.6 is 0 Å². The van der Waals surface area contributed by atoms with Crippen molar-refractivity contribution in [3.8, 4) is 0 Å². The Morgan fingerprint density at radius 3 is 2.27 bits per heavy atom. The van der Waals surface area contributed by atoms with Crippen LogP contribution in [0.1, 0.15) is 32.6 Å². The Morgan fingerprint density at radius 2 is 1.64 bits per heavy atom. The van der Waals surface area contributed by atoms with Gasteiger partial charge in [0.15, 0.2) is 0 Å². The summed E-state index contributed by atoms with van der Waals surface area (Å²) in [5.74, 6) is 0. The van der Waals surface area contributed by atoms with E-state index in [0.717, 1.165) is 58.8 Å². The van der Waals surface area contributed by atoms with Crippen molar-refractivity contribution in [2.24, 2.45) is 0 Å². The molecule has 3 aliphatic rings. The van der Waals surface area contributed by atoms with Crippen LogP contribution in [0.4, 0.5) is 0 Å². The summed E-state index contributed by atoms with van der Waals surface area (Å²) in [4.78, 5) is 4.82. The van der Waals surface area contributed by atoms with Crippen molar-refractivity contribution in [1.82, 2.24) is 9.80 Å². The van der Waals surface area contributed by atoms with Gasteiger partial charge in [-0.05, 0) is 39.7 Å². The van der Waals surface area contributed by atoms with Crippen molar-refractivity contribution in [2.45, 2.75) is 57.0 Å². The molecule has 3 fully saturated rings. The van der Waals surface area contributed by atoms with E-state index in [4.69, 9.17) is 14.2 Å². The van der Waals surface area contributed by atoms with E-state index in [9.17, 15) is 0 Å². The van der Waals surface area contributed by atoms with Crippen molar-refractivity contribution in [3.63, 3.8) is 0 Å². The molecule has 0 N–H and O–H groups in total. The minimum absolute atomic E-state index is 0.451. The molecule has 0 bridgehead atoms. The van der Waals surface area contributed by atoms with Crippen molar-refractivity contribution in [1.29, 1.82) is 0 Å². The number of piperidine rings is 1. The van der Waals surface area contributed by atoms with Crippen molar-refractivity contribution >= 4 is 0 Å². The molecule has 128 valence electrons. The molecule has 5 nitrogen and oxygen atoms in total. The second-order valence-electron chi connectivity index (χ2n) is 7.06. The number of hydrogen-bond donors (Lipinski definition) is 0. The van der Waals surface area contributed by atoms with Crippen molar-refractivity contribution < 1.29 is 14.2 Å². The van der Waals surface area contributed by atoms with E-state index in [1.165, 1.54) is 12.8 Å². The zero-order chi connectivity index (χ0) is 15.4. The highest BCUT2D eigenvalue weighted by atomic mass is 16.5. The first kappa shape index (κ1) is 16.7. The molecule has 0 aromatic rings. The van der Waals surface area contributed by atoms with E-state index in [-0.39, 0.29) is 0 Å². The first-order valence-corrected chi connectivity index (χ1v) is 9.02. The second-order valence-corrected chi connectivity index (χ2v) is 7.06. The standard InChI is InChI=1S/C17H32N2O3/c1-3-20-15-10-16(11-15)22-14-4-6-19(7-5-14)8-9-21-17-12-18(2)13-17/h14-17H,3-13H2,1-2H3/t15-,16-. The summed E-state index contributed by atoms with van der Waals surface area (Å²) in [7, 11) is 2.14. The molecule has 0 unspecified atom stereocenters. The average Bonchev–Trinajstić information content (AvgIpc) is 2.45. The molecule has 22 heavy (non-hydrogen) atoms. The highest BCUT2D eigenvalue weighted by Crippen LogP contribution is 2.29. The van der Waals surface area contributed by atoms with Crippen LogP contribution in [0.2, 0.25) is 0 Å². The maximum absolute atomic E-state index is 6.19. The Labute approximate surface area is 134 Å². The Morgan fingerprint density at radius 1 is 0.909 bits per heavy atom. The average molecular weight is 312 g/mol. The predicted molar refractivity (Wildman–Crippen MR) is 86.2 cm³/mol. The van der Waals surface area contributed by atoms with Gasteiger partial charge in [0.05, 0.1) is 31.0 Å². The van der Waals surface area contributed by atoms with Crippen LogP contribution in [-0.2, 0) is 14.2 Å². The van der Waals surface area contributed by atoms with Gasteiger partial charge in [0, 0.05) is 39.3 Å². The second kappa shape index (κ2) is 8.06. The fourth-order valence-corrected chi connectivity index (χ4v) is 3.64. The summed E-state index contributed by atoms with van der Waals surface area (Å²) in [5, 5.41) is 0. The van der Waals surface area contributed by atoms with Gasteiger partial charge >= 0.3 is 0 Å². The smallest absolute Gasteiger partial charge is 0.0829 e. The lowest BCUT2D eigenvalue weighted by molar-refractivity contribution is -0.134. The fraction of sp³-hybridized carbons (Fsp3) is 1.00. The van der Waals surface area contributed by atoms with Crippen LogP contribution in [-0.4, -0.2) is 87.2 Å². The van der Waals surface area contributed by atoms with E-state index < -0.39 is 0 Å². The molecule has 5 heteroatoms. The van der Waals surface area contributed by atoms with Crippen LogP contribution < -0.4 is 0 Å². The van der Waals surface area contributed by atoms with E-state index >= 15 is 0 Å². The molecule has 2 heterocycles. The molecule has 1 saturated carbocycles. The molecule has 0 aromatic carbocycles. The Balaban J connectivity index is 1.21. The summed E-state index contributed by atoms with van der Waals surface area (Å²) < 4.78 is 17.7. The topological polar surface area (TPSA) is 34.2 Å². The van der Waals surface area contributed by atoms with Gasteiger partial charge in [-0.15, -0.1) is 0 Å². The third-order valence-corrected chi connectivity index (χ3v) is 5.17. The van der Waals surface area contributed by atoms with E-state index in [1.54, 1.807) is 0 Å². The first-order chi connectivity index (χ1) is 10.7. The van der Waals surface area contributed by atoms with Gasteiger partial charge < -0.3 is 24.0 Å². The maximum atomic E-state index is 6.19. The zero-order valence-electron chi connectivity index (χ0n) is 14.2. The molecule has 3 rings (SSSR count). The number of hydrogen-bond acceptors (Lipinski definition) is 5. The van der Waals surface area contributed by atoms with Gasteiger partial charge in [-0.25, -0.2) is 0 Å². The largest absolute Gasteiger partial charge is 0.378 e. The van der Waals surface area contributed by atoms with Crippen LogP contribution in [0.25, 0.3) is 0 Å². The van der Waals surface area contributed by atoms with Gasteiger partial charge in [0.2, 0.25) is 0 Å². The number of likely N-dealkylation sites (tertiary alicyclic amines) is 2. The Hall–Kier alpha value is -0.200. The zero-order valence-corrected chi connectivity index (χ0v) is 14.2. The number of ether oxygens (including phenoxy) is 3. The Kier molecular flexibility index (Phi) is 6.10. The van der Waals surface area contributed by atoms with Crippen LogP contribution in [0.15, 0.2) is 0 Å². The molecular weight excluding hydrogens is 280 g/mol. The van der Waals surface area contributed by atoms with Gasteiger partial charge in [-0.1, -0.05) is 0 Å². The molecular formula is C17H32N2O3. The summed E-state index contributed by atoms with van der Waals surface area (Å²) in [6.45, 7) is 9.35. The third kappa shape index (κ3) is 4.65. The van der Waals surface area contributed by atoms with E-state index in [1.807, 2.05) is 0 Å². The summed E-state index contributed by atoms with van der Waals surface area (Å²) in [5.41, 5.74) is 0. The number of likely N-dealkylation sites (N-methyl/N-ethyl adjacent to an activating group) is 1. The SMILES string of the molecule is CCO[C@H]1C[C@H](OC2CCN(CCOC3CN(C)C3)CC2)C1. The number of rotatable bonds is 8. The lowest BCUT2D eigenvalue weighted by Gasteiger charge is -2.40. The maximum Gasteiger partial charge on any atom is 0.0829 e. The lowest BCUT2D eigenvalue weighted by atomic mass is 9.91. The highest BCUT2D eigenvalue weighted by Gasteiger charge is 2.33. The third-order valence-electron chi connectivity index (χ3n) is 5.17. The molecule has 0 aromatic heterocycles. The number of nitrogens with zero attached hydrogens (tertiary/aromatic N) is 2. The summed E-state index contributed by atoms with van der Waals surface area (Å²) in [6, 6.07) is 0. The molecule has 1 aliphatic carbocycles. The monoisotopic (exact) mass is 312 g/mol. The summed E-state index contributed by atoms with van der Waals surface area (Å²) in [6.07, 6.45) is 6.37. The van der Waals surface area contributed by atoms with Crippen LogP contribution in [0.5, 0.6) is 0 Å². The van der Waals surface area contributed by atoms with Gasteiger partial charge in [-0.3, -0.25) is 0 Å². The minimum atomic E-state index is 0.451. The highest BCUT2D eigenvalue weighted by molar-refractivity contribution is 4.83. The van der Waals surface area contributed by atoms with Gasteiger partial charge in [0.1, 0.15) is 0 Å². The molecule has 0 atom stereocenters. The Bertz CT molecular complexity index is 322. The van der Waals surface area contributed by atoms with Crippen LogP contribution in [0, 0.1) is 0 Å². The molecule has 2 aliphatic heterocycles.